The van der Waals surface area contributed by atoms with Gasteiger partial charge in [0.15, 0.2) is 0 Å². The Kier molecular flexibility index (Phi) is 4.83. The minimum atomic E-state index is -4.09. The van der Waals surface area contributed by atoms with E-state index in [1.54, 1.807) is 0 Å². The van der Waals surface area contributed by atoms with Crippen molar-refractivity contribution in [2.75, 3.05) is 31.9 Å². The van der Waals surface area contributed by atoms with Crippen molar-refractivity contribution in [2.24, 2.45) is 0 Å². The molecule has 2 unspecified atom stereocenters. The normalized spacial score (nSPS) is 30.7. The van der Waals surface area contributed by atoms with Crippen molar-refractivity contribution in [3.8, 4) is 0 Å². The van der Waals surface area contributed by atoms with Crippen LogP contribution in [0.3, 0.4) is 0 Å². The summed E-state index contributed by atoms with van der Waals surface area (Å²) in [5.74, 6) is 0.159. The van der Waals surface area contributed by atoms with Gasteiger partial charge in [-0.05, 0) is 37.6 Å². The fraction of sp³-hybridized carbons (Fsp3) is 1.00. The molecule has 0 spiro atoms. The first-order valence-corrected chi connectivity index (χ1v) is 7.67. The molecule has 0 bridgehead atoms. The third-order valence-corrected chi connectivity index (χ3v) is 4.74. The summed E-state index contributed by atoms with van der Waals surface area (Å²) >= 11 is 0.110. The maximum Gasteiger partial charge on any atom is 0.441 e. The van der Waals surface area contributed by atoms with E-state index in [4.69, 9.17) is 0 Å². The highest BCUT2D eigenvalue weighted by Crippen LogP contribution is 2.31. The van der Waals surface area contributed by atoms with E-state index in [0.717, 1.165) is 19.5 Å². The third kappa shape index (κ3) is 3.78. The lowest BCUT2D eigenvalue weighted by Crippen LogP contribution is -2.56. The quantitative estimate of drug-likeness (QED) is 0.783. The Bertz CT molecular complexity index is 273. The Labute approximate surface area is 111 Å². The van der Waals surface area contributed by atoms with Crippen molar-refractivity contribution >= 4 is 11.8 Å². The van der Waals surface area contributed by atoms with Crippen molar-refractivity contribution in [3.05, 3.63) is 0 Å². The monoisotopic (exact) mass is 282 g/mol. The predicted octanol–water partition coefficient (Wildman–Crippen LogP) is 2.80. The van der Waals surface area contributed by atoms with Crippen LogP contribution < -0.4 is 0 Å². The largest absolute Gasteiger partial charge is 0.441 e. The number of thioether (sulfide) groups is 1. The van der Waals surface area contributed by atoms with E-state index < -0.39 is 5.51 Å². The fourth-order valence-electron chi connectivity index (χ4n) is 3.09. The average molecular weight is 282 g/mol. The van der Waals surface area contributed by atoms with Gasteiger partial charge in [0.25, 0.3) is 0 Å². The predicted molar refractivity (Wildman–Crippen MR) is 68.8 cm³/mol. The summed E-state index contributed by atoms with van der Waals surface area (Å²) < 4.78 is 36.4. The van der Waals surface area contributed by atoms with Gasteiger partial charge in [0, 0.05) is 37.5 Å². The van der Waals surface area contributed by atoms with Gasteiger partial charge in [-0.15, -0.1) is 0 Å². The van der Waals surface area contributed by atoms with E-state index in [9.17, 15) is 13.2 Å². The van der Waals surface area contributed by atoms with Crippen LogP contribution in [0.1, 0.15) is 26.2 Å². The minimum absolute atomic E-state index is 0.110. The Hall–Kier alpha value is 0.0600. The van der Waals surface area contributed by atoms with Gasteiger partial charge in [0.05, 0.1) is 0 Å². The molecule has 2 saturated heterocycles. The van der Waals surface area contributed by atoms with Gasteiger partial charge >= 0.3 is 5.51 Å². The highest BCUT2D eigenvalue weighted by Gasteiger charge is 2.36. The van der Waals surface area contributed by atoms with Crippen LogP contribution in [0.25, 0.3) is 0 Å². The number of piperazine rings is 1. The smallest absolute Gasteiger partial charge is 0.298 e. The standard InChI is InChI=1S/C12H21F3N2S/c1-2-10-8-16-5-3-4-11(16)9-17(10)6-7-18-12(13,14)15/h10-11H,2-9H2,1H3. The summed E-state index contributed by atoms with van der Waals surface area (Å²) in [4.78, 5) is 4.78. The molecule has 106 valence electrons. The average Bonchev–Trinajstić information content (AvgIpc) is 2.73. The molecular formula is C12H21F3N2S. The molecule has 18 heavy (non-hydrogen) atoms. The highest BCUT2D eigenvalue weighted by molar-refractivity contribution is 8.00. The van der Waals surface area contributed by atoms with E-state index in [-0.39, 0.29) is 17.5 Å². The second-order valence-electron chi connectivity index (χ2n) is 5.14. The number of halogens is 3. The van der Waals surface area contributed by atoms with E-state index >= 15 is 0 Å². The SMILES string of the molecule is CCC1CN2CCCC2CN1CCSC(F)(F)F. The molecule has 2 atom stereocenters. The maximum absolute atomic E-state index is 12.1. The van der Waals surface area contributed by atoms with Crippen LogP contribution in [0.2, 0.25) is 0 Å². The molecule has 0 saturated carbocycles. The maximum atomic E-state index is 12.1. The van der Waals surface area contributed by atoms with Crippen LogP contribution in [0.4, 0.5) is 13.2 Å². The first kappa shape index (κ1) is 14.5. The summed E-state index contributed by atoms with van der Waals surface area (Å²) in [5, 5.41) is 0. The van der Waals surface area contributed by atoms with Crippen molar-refractivity contribution in [1.82, 2.24) is 9.80 Å². The van der Waals surface area contributed by atoms with Crippen molar-refractivity contribution in [3.63, 3.8) is 0 Å². The Morgan fingerprint density at radius 1 is 1.28 bits per heavy atom. The molecule has 0 N–H and O–H groups in total. The van der Waals surface area contributed by atoms with Gasteiger partial charge in [-0.25, -0.2) is 0 Å². The number of hydrogen-bond acceptors (Lipinski definition) is 3. The summed E-state index contributed by atoms with van der Waals surface area (Å²) in [6.45, 7) is 5.86. The van der Waals surface area contributed by atoms with Gasteiger partial charge in [0.2, 0.25) is 0 Å². The first-order chi connectivity index (χ1) is 8.49. The summed E-state index contributed by atoms with van der Waals surface area (Å²) in [6.07, 6.45) is 3.48. The lowest BCUT2D eigenvalue weighted by Gasteiger charge is -2.43. The van der Waals surface area contributed by atoms with Crippen molar-refractivity contribution in [2.45, 2.75) is 43.8 Å². The zero-order valence-electron chi connectivity index (χ0n) is 10.7. The molecule has 2 nitrogen and oxygen atoms in total. The van der Waals surface area contributed by atoms with Gasteiger partial charge < -0.3 is 0 Å². The van der Waals surface area contributed by atoms with Gasteiger partial charge in [0.1, 0.15) is 0 Å². The molecule has 2 fully saturated rings. The molecule has 6 heteroatoms. The zero-order chi connectivity index (χ0) is 13.2. The fourth-order valence-corrected chi connectivity index (χ4v) is 3.65. The topological polar surface area (TPSA) is 6.48 Å². The van der Waals surface area contributed by atoms with Crippen LogP contribution >= 0.6 is 11.8 Å². The second kappa shape index (κ2) is 6.01. The Morgan fingerprint density at radius 3 is 2.72 bits per heavy atom. The lowest BCUT2D eigenvalue weighted by molar-refractivity contribution is -0.0330. The van der Waals surface area contributed by atoms with Crippen LogP contribution in [0, 0.1) is 0 Å². The highest BCUT2D eigenvalue weighted by atomic mass is 32.2. The zero-order valence-corrected chi connectivity index (χ0v) is 11.6. The van der Waals surface area contributed by atoms with Crippen LogP contribution in [-0.4, -0.2) is 59.3 Å². The molecule has 2 heterocycles. The molecule has 0 aromatic heterocycles. The van der Waals surface area contributed by atoms with E-state index in [0.29, 0.717) is 18.6 Å². The van der Waals surface area contributed by atoms with Crippen molar-refractivity contribution < 1.29 is 13.2 Å². The number of hydrogen-bond donors (Lipinski definition) is 0. The number of fused-ring (bicyclic) bond motifs is 1. The molecule has 0 aromatic carbocycles. The molecule has 0 aliphatic carbocycles. The van der Waals surface area contributed by atoms with E-state index in [1.165, 1.54) is 19.4 Å². The van der Waals surface area contributed by atoms with Crippen molar-refractivity contribution in [1.29, 1.82) is 0 Å². The summed E-state index contributed by atoms with van der Waals surface area (Å²) in [7, 11) is 0. The van der Waals surface area contributed by atoms with Crippen LogP contribution in [-0.2, 0) is 0 Å². The van der Waals surface area contributed by atoms with Gasteiger partial charge in [-0.3, -0.25) is 9.80 Å². The third-order valence-electron chi connectivity index (χ3n) is 4.02. The Balaban J connectivity index is 1.82. The number of rotatable bonds is 4. The van der Waals surface area contributed by atoms with Crippen LogP contribution in [0.5, 0.6) is 0 Å². The first-order valence-electron chi connectivity index (χ1n) is 6.68. The molecule has 0 amide bonds. The summed E-state index contributed by atoms with van der Waals surface area (Å²) in [5.41, 5.74) is -4.09. The molecular weight excluding hydrogens is 261 g/mol. The van der Waals surface area contributed by atoms with E-state index in [1.807, 2.05) is 0 Å². The lowest BCUT2D eigenvalue weighted by atomic mass is 10.1. The molecule has 0 aromatic rings. The summed E-state index contributed by atoms with van der Waals surface area (Å²) in [6, 6.07) is 1.02. The number of alkyl halides is 3. The molecule has 2 aliphatic heterocycles. The van der Waals surface area contributed by atoms with Gasteiger partial charge in [-0.2, -0.15) is 13.2 Å². The van der Waals surface area contributed by atoms with Crippen LogP contribution in [0.15, 0.2) is 0 Å². The minimum Gasteiger partial charge on any atom is -0.298 e. The second-order valence-corrected chi connectivity index (χ2v) is 6.30. The molecule has 2 aliphatic rings. The molecule has 0 radical (unpaired) electrons. The molecule has 2 rings (SSSR count). The van der Waals surface area contributed by atoms with Gasteiger partial charge in [-0.1, -0.05) is 6.92 Å². The van der Waals surface area contributed by atoms with E-state index in [2.05, 4.69) is 16.7 Å². The number of nitrogens with zero attached hydrogens (tertiary/aromatic N) is 2. The Morgan fingerprint density at radius 2 is 2.06 bits per heavy atom.